The normalized spacial score (nSPS) is 29.9. The maximum Gasteiger partial charge on any atom is 0.490 e. The molecule has 1 amide bonds. The highest BCUT2D eigenvalue weighted by Gasteiger charge is 2.59. The summed E-state index contributed by atoms with van der Waals surface area (Å²) in [6.07, 6.45) is 4.37. The van der Waals surface area contributed by atoms with Crippen LogP contribution < -0.4 is 5.43 Å². The van der Waals surface area contributed by atoms with Crippen LogP contribution in [0.4, 0.5) is 5.95 Å². The third-order valence-corrected chi connectivity index (χ3v) is 5.82. The monoisotopic (exact) mass is 320 g/mol. The lowest BCUT2D eigenvalue weighted by atomic mass is 9.70. The predicted molar refractivity (Wildman–Crippen MR) is 81.5 cm³/mol. The molecule has 1 aromatic heterocycles. The second-order valence-electron chi connectivity index (χ2n) is 7.09. The van der Waals surface area contributed by atoms with Gasteiger partial charge in [-0.2, -0.15) is 9.78 Å². The molecule has 2 fully saturated rings. The molecular weight excluding hydrogens is 300 g/mol. The summed E-state index contributed by atoms with van der Waals surface area (Å²) in [6, 6.07) is 0. The van der Waals surface area contributed by atoms with Crippen LogP contribution in [-0.2, 0) is 11.3 Å². The molecule has 9 heteroatoms. The Morgan fingerprint density at radius 3 is 2.83 bits per heavy atom. The molecule has 2 saturated carbocycles. The number of nitrogens with one attached hydrogen (secondary N) is 1. The summed E-state index contributed by atoms with van der Waals surface area (Å²) < 4.78 is 1.13. The van der Waals surface area contributed by atoms with Crippen LogP contribution in [0.1, 0.15) is 40.0 Å². The summed E-state index contributed by atoms with van der Waals surface area (Å²) in [6.45, 7) is 6.60. The average Bonchev–Trinajstić information content (AvgIpc) is 3.07. The maximum absolute atomic E-state index is 11.9. The predicted octanol–water partition coefficient (Wildman–Crippen LogP) is 1.50. The van der Waals surface area contributed by atoms with Crippen LogP contribution >= 0.6 is 0 Å². The Balaban J connectivity index is 1.64. The van der Waals surface area contributed by atoms with Crippen molar-refractivity contribution in [3.63, 3.8) is 0 Å². The van der Waals surface area contributed by atoms with Gasteiger partial charge in [0, 0.05) is 16.2 Å². The lowest BCUT2D eigenvalue weighted by Crippen LogP contribution is -2.34. The van der Waals surface area contributed by atoms with E-state index < -0.39 is 10.9 Å². The molecule has 0 aliphatic heterocycles. The number of amides is 1. The average molecular weight is 320 g/mol. The van der Waals surface area contributed by atoms with Crippen molar-refractivity contribution in [2.45, 2.75) is 46.6 Å². The van der Waals surface area contributed by atoms with E-state index in [-0.39, 0.29) is 23.3 Å². The van der Waals surface area contributed by atoms with Crippen LogP contribution in [0, 0.1) is 26.9 Å². The molecule has 0 saturated heterocycles. The van der Waals surface area contributed by atoms with Gasteiger partial charge in [-0.05, 0) is 35.5 Å². The molecule has 0 spiro atoms. The highest BCUT2D eigenvalue weighted by atomic mass is 16.6. The largest absolute Gasteiger partial charge is 0.490 e. The van der Waals surface area contributed by atoms with Crippen molar-refractivity contribution >= 4 is 17.6 Å². The Hall–Kier alpha value is -2.32. The van der Waals surface area contributed by atoms with E-state index in [0.29, 0.717) is 5.92 Å². The fourth-order valence-corrected chi connectivity index (χ4v) is 3.85. The van der Waals surface area contributed by atoms with Gasteiger partial charge in [0.1, 0.15) is 6.54 Å². The van der Waals surface area contributed by atoms with E-state index in [0.717, 1.165) is 29.6 Å². The van der Waals surface area contributed by atoms with Gasteiger partial charge >= 0.3 is 5.95 Å². The smallest absolute Gasteiger partial charge is 0.390 e. The lowest BCUT2D eigenvalue weighted by molar-refractivity contribution is -0.394. The van der Waals surface area contributed by atoms with E-state index >= 15 is 0 Å². The number of nitro groups is 1. The molecule has 0 aromatic carbocycles. The van der Waals surface area contributed by atoms with Crippen LogP contribution in [0.3, 0.4) is 0 Å². The Morgan fingerprint density at radius 1 is 1.57 bits per heavy atom. The van der Waals surface area contributed by atoms with Crippen LogP contribution in [-0.4, -0.2) is 31.3 Å². The van der Waals surface area contributed by atoms with E-state index in [4.69, 9.17) is 0 Å². The molecular formula is C14H20N6O3. The number of nitrogens with zero attached hydrogens (tertiary/aromatic N) is 5. The second kappa shape index (κ2) is 5.10. The third-order valence-electron chi connectivity index (χ3n) is 5.82. The Morgan fingerprint density at radius 2 is 2.30 bits per heavy atom. The van der Waals surface area contributed by atoms with Crippen molar-refractivity contribution in [1.82, 2.24) is 20.2 Å². The first-order chi connectivity index (χ1) is 10.7. The fraction of sp³-hybridized carbons (Fsp3) is 0.714. The summed E-state index contributed by atoms with van der Waals surface area (Å²) in [5.41, 5.74) is 3.81. The minimum absolute atomic E-state index is 0.0248. The minimum atomic E-state index is -0.702. The first-order valence-electron chi connectivity index (χ1n) is 7.64. The van der Waals surface area contributed by atoms with Crippen molar-refractivity contribution in [1.29, 1.82) is 0 Å². The van der Waals surface area contributed by atoms with Crippen molar-refractivity contribution in [3.8, 4) is 0 Å². The van der Waals surface area contributed by atoms with Gasteiger partial charge in [-0.25, -0.2) is 5.43 Å². The number of hydrogen-bond donors (Lipinski definition) is 1. The van der Waals surface area contributed by atoms with Gasteiger partial charge in [-0.1, -0.05) is 25.8 Å². The molecule has 2 bridgehead atoms. The van der Waals surface area contributed by atoms with Crippen LogP contribution in [0.2, 0.25) is 0 Å². The van der Waals surface area contributed by atoms with Gasteiger partial charge in [-0.15, -0.1) is 0 Å². The lowest BCUT2D eigenvalue weighted by Gasteiger charge is -2.34. The molecule has 2 aliphatic carbocycles. The highest BCUT2D eigenvalue weighted by molar-refractivity contribution is 5.95. The number of carbonyl (C=O) groups is 1. The summed E-state index contributed by atoms with van der Waals surface area (Å²) in [4.78, 5) is 25.3. The molecule has 2 unspecified atom stereocenters. The van der Waals surface area contributed by atoms with Crippen molar-refractivity contribution in [3.05, 3.63) is 16.4 Å². The number of rotatable bonds is 4. The third kappa shape index (κ3) is 2.40. The van der Waals surface area contributed by atoms with Crippen LogP contribution in [0.25, 0.3) is 0 Å². The van der Waals surface area contributed by atoms with Crippen molar-refractivity contribution in [2.75, 3.05) is 0 Å². The molecule has 0 radical (unpaired) electrons. The molecule has 1 heterocycles. The maximum atomic E-state index is 11.9. The molecule has 1 aromatic rings. The van der Waals surface area contributed by atoms with Gasteiger partial charge in [0.25, 0.3) is 5.91 Å². The van der Waals surface area contributed by atoms with E-state index in [1.165, 1.54) is 6.42 Å². The number of hydrogen-bond acceptors (Lipinski definition) is 6. The summed E-state index contributed by atoms with van der Waals surface area (Å²) in [5, 5.41) is 18.4. The standard InChI is InChI=1S/C14H20N6O3/c1-13(2)9-4-5-14(13,3)10(6-9)16-17-11(21)7-19-8-15-12(18-19)20(22)23/h8-9H,4-7H2,1-3H3,(H,17,21)/b16-10+. The van der Waals surface area contributed by atoms with Gasteiger partial charge < -0.3 is 10.1 Å². The highest BCUT2D eigenvalue weighted by Crippen LogP contribution is 2.63. The summed E-state index contributed by atoms with van der Waals surface area (Å²) in [7, 11) is 0. The summed E-state index contributed by atoms with van der Waals surface area (Å²) in [5.74, 6) is -0.283. The zero-order valence-corrected chi connectivity index (χ0v) is 13.4. The SMILES string of the molecule is CC12CCC(C/C1=N\NC(=O)Cn1cnc([N+](=O)[O-])n1)C2(C)C. The van der Waals surface area contributed by atoms with E-state index in [9.17, 15) is 14.9 Å². The van der Waals surface area contributed by atoms with Crippen molar-refractivity contribution in [2.24, 2.45) is 21.8 Å². The van der Waals surface area contributed by atoms with Crippen LogP contribution in [0.5, 0.6) is 0 Å². The molecule has 23 heavy (non-hydrogen) atoms. The second-order valence-corrected chi connectivity index (χ2v) is 7.09. The van der Waals surface area contributed by atoms with E-state index in [1.807, 2.05) is 0 Å². The molecule has 3 rings (SSSR count). The number of hydrazone groups is 1. The number of aromatic nitrogens is 3. The van der Waals surface area contributed by atoms with Gasteiger partial charge in [0.15, 0.2) is 0 Å². The number of carbonyl (C=O) groups excluding carboxylic acids is 1. The molecule has 9 nitrogen and oxygen atoms in total. The summed E-state index contributed by atoms with van der Waals surface area (Å²) >= 11 is 0. The molecule has 1 N–H and O–H groups in total. The van der Waals surface area contributed by atoms with E-state index in [2.05, 4.69) is 41.4 Å². The van der Waals surface area contributed by atoms with Gasteiger partial charge in [0.2, 0.25) is 6.33 Å². The topological polar surface area (TPSA) is 115 Å². The zero-order chi connectivity index (χ0) is 16.8. The molecule has 124 valence electrons. The van der Waals surface area contributed by atoms with Gasteiger partial charge in [-0.3, -0.25) is 4.79 Å². The minimum Gasteiger partial charge on any atom is -0.390 e. The first-order valence-corrected chi connectivity index (χ1v) is 7.64. The van der Waals surface area contributed by atoms with Crippen molar-refractivity contribution < 1.29 is 9.72 Å². The quantitative estimate of drug-likeness (QED) is 0.667. The molecule has 2 aliphatic rings. The van der Waals surface area contributed by atoms with Crippen LogP contribution in [0.15, 0.2) is 11.4 Å². The Labute approximate surface area is 133 Å². The zero-order valence-electron chi connectivity index (χ0n) is 13.4. The Kier molecular flexibility index (Phi) is 3.46. The number of fused-ring (bicyclic) bond motifs is 2. The van der Waals surface area contributed by atoms with Gasteiger partial charge in [0.05, 0.1) is 0 Å². The van der Waals surface area contributed by atoms with E-state index in [1.54, 1.807) is 0 Å². The fourth-order valence-electron chi connectivity index (χ4n) is 3.85. The Bertz CT molecular complexity index is 694. The molecule has 2 atom stereocenters. The first kappa shape index (κ1) is 15.6.